The Bertz CT molecular complexity index is 979. The minimum atomic E-state index is -0.261. The molecule has 3 rings (SSSR count). The van der Waals surface area contributed by atoms with Gasteiger partial charge in [0, 0.05) is 17.7 Å². The molecular formula is C19H22N4O2. The monoisotopic (exact) mass is 338 g/mol. The Balaban J connectivity index is 1.82. The van der Waals surface area contributed by atoms with E-state index in [-0.39, 0.29) is 5.91 Å². The molecule has 0 aliphatic heterocycles. The van der Waals surface area contributed by atoms with Crippen molar-refractivity contribution in [3.63, 3.8) is 0 Å². The number of hydrazone groups is 1. The number of fused-ring (bicyclic) bond motifs is 1. The van der Waals surface area contributed by atoms with Crippen LogP contribution >= 0.6 is 0 Å². The van der Waals surface area contributed by atoms with Crippen molar-refractivity contribution in [1.82, 2.24) is 15.0 Å². The van der Waals surface area contributed by atoms with Crippen molar-refractivity contribution in [3.8, 4) is 0 Å². The van der Waals surface area contributed by atoms with Gasteiger partial charge in [0.15, 0.2) is 0 Å². The average Bonchev–Trinajstić information content (AvgIpc) is 3.08. The Labute approximate surface area is 146 Å². The smallest absolute Gasteiger partial charge is 0.271 e. The van der Waals surface area contributed by atoms with Gasteiger partial charge in [0.2, 0.25) is 0 Å². The molecule has 1 N–H and O–H groups in total. The Kier molecular flexibility index (Phi) is 4.44. The molecule has 0 spiro atoms. The highest BCUT2D eigenvalue weighted by molar-refractivity contribution is 6.02. The third-order valence-electron chi connectivity index (χ3n) is 4.27. The molecule has 0 unspecified atom stereocenters. The summed E-state index contributed by atoms with van der Waals surface area (Å²) >= 11 is 0. The summed E-state index contributed by atoms with van der Waals surface area (Å²) in [6.45, 7) is 10.5. The number of hydrogen-bond acceptors (Lipinski definition) is 4. The van der Waals surface area contributed by atoms with Gasteiger partial charge in [-0.05, 0) is 58.9 Å². The van der Waals surface area contributed by atoms with Gasteiger partial charge in [-0.15, -0.1) is 0 Å². The molecule has 6 nitrogen and oxygen atoms in total. The maximum absolute atomic E-state index is 12.4. The van der Waals surface area contributed by atoms with Crippen molar-refractivity contribution in [1.29, 1.82) is 0 Å². The van der Waals surface area contributed by atoms with Crippen LogP contribution in [0.4, 0.5) is 0 Å². The second kappa shape index (κ2) is 6.55. The molecule has 0 aliphatic rings. The van der Waals surface area contributed by atoms with E-state index in [9.17, 15) is 4.79 Å². The number of amides is 1. The van der Waals surface area contributed by atoms with Gasteiger partial charge < -0.3 is 8.98 Å². The number of furan rings is 1. The number of aryl methyl sites for hydroxylation is 4. The van der Waals surface area contributed by atoms with E-state index in [1.807, 2.05) is 39.8 Å². The summed E-state index contributed by atoms with van der Waals surface area (Å²) in [4.78, 5) is 16.9. The molecule has 0 radical (unpaired) electrons. The minimum absolute atomic E-state index is 0.261. The number of nitrogens with one attached hydrogen (secondary N) is 1. The fourth-order valence-corrected chi connectivity index (χ4v) is 3.04. The van der Waals surface area contributed by atoms with Crippen molar-refractivity contribution >= 4 is 22.7 Å². The predicted molar refractivity (Wildman–Crippen MR) is 98.0 cm³/mol. The molecule has 0 saturated carbocycles. The van der Waals surface area contributed by atoms with E-state index in [0.29, 0.717) is 11.3 Å². The highest BCUT2D eigenvalue weighted by Gasteiger charge is 2.12. The molecular weight excluding hydrogens is 316 g/mol. The van der Waals surface area contributed by atoms with Crippen LogP contribution in [0, 0.1) is 20.8 Å². The van der Waals surface area contributed by atoms with Crippen LogP contribution in [0.1, 0.15) is 47.1 Å². The van der Waals surface area contributed by atoms with Gasteiger partial charge in [-0.2, -0.15) is 5.10 Å². The lowest BCUT2D eigenvalue weighted by Gasteiger charge is -2.04. The lowest BCUT2D eigenvalue weighted by Crippen LogP contribution is -2.19. The van der Waals surface area contributed by atoms with E-state index in [1.54, 1.807) is 12.1 Å². The number of nitrogens with zero attached hydrogens (tertiary/aromatic N) is 3. The summed E-state index contributed by atoms with van der Waals surface area (Å²) in [5.74, 6) is 2.29. The molecule has 1 amide bonds. The molecule has 0 bridgehead atoms. The van der Waals surface area contributed by atoms with Crippen molar-refractivity contribution in [2.45, 2.75) is 41.2 Å². The van der Waals surface area contributed by atoms with Crippen molar-refractivity contribution in [2.75, 3.05) is 0 Å². The van der Waals surface area contributed by atoms with Crippen LogP contribution in [0.15, 0.2) is 33.8 Å². The lowest BCUT2D eigenvalue weighted by molar-refractivity contribution is 0.0955. The first-order chi connectivity index (χ1) is 11.9. The summed E-state index contributed by atoms with van der Waals surface area (Å²) in [5.41, 5.74) is 6.58. The number of benzene rings is 1. The highest BCUT2D eigenvalue weighted by atomic mass is 16.3. The second-order valence-corrected chi connectivity index (χ2v) is 6.07. The van der Waals surface area contributed by atoms with E-state index in [2.05, 4.69) is 27.0 Å². The number of carbonyl (C=O) groups is 1. The van der Waals surface area contributed by atoms with Crippen molar-refractivity contribution < 1.29 is 9.21 Å². The third kappa shape index (κ3) is 3.20. The van der Waals surface area contributed by atoms with Crippen LogP contribution in [-0.4, -0.2) is 21.2 Å². The number of aromatic nitrogens is 2. The zero-order chi connectivity index (χ0) is 18.1. The van der Waals surface area contributed by atoms with Crippen molar-refractivity contribution in [3.05, 3.63) is 52.7 Å². The van der Waals surface area contributed by atoms with E-state index < -0.39 is 0 Å². The molecule has 2 heterocycles. The van der Waals surface area contributed by atoms with E-state index >= 15 is 0 Å². The fourth-order valence-electron chi connectivity index (χ4n) is 3.04. The Hall–Kier alpha value is -2.89. The molecule has 3 aromatic rings. The van der Waals surface area contributed by atoms with Gasteiger partial charge in [-0.25, -0.2) is 10.4 Å². The first-order valence-electron chi connectivity index (χ1n) is 8.29. The molecule has 2 aromatic heterocycles. The lowest BCUT2D eigenvalue weighted by atomic mass is 10.1. The van der Waals surface area contributed by atoms with Crippen LogP contribution in [0.3, 0.4) is 0 Å². The van der Waals surface area contributed by atoms with Crippen LogP contribution < -0.4 is 5.43 Å². The average molecular weight is 338 g/mol. The minimum Gasteiger partial charge on any atom is -0.466 e. The predicted octanol–water partition coefficient (Wildman–Crippen LogP) is 3.73. The van der Waals surface area contributed by atoms with Gasteiger partial charge in [-0.1, -0.05) is 0 Å². The van der Waals surface area contributed by atoms with Gasteiger partial charge in [0.1, 0.15) is 17.3 Å². The molecule has 6 heteroatoms. The van der Waals surface area contributed by atoms with Crippen LogP contribution in [0.25, 0.3) is 11.0 Å². The first-order valence-corrected chi connectivity index (χ1v) is 8.29. The zero-order valence-corrected chi connectivity index (χ0v) is 15.2. The van der Waals surface area contributed by atoms with Crippen LogP contribution in [0.5, 0.6) is 0 Å². The molecule has 0 fully saturated rings. The largest absolute Gasteiger partial charge is 0.466 e. The summed E-state index contributed by atoms with van der Waals surface area (Å²) in [6, 6.07) is 7.42. The van der Waals surface area contributed by atoms with E-state index in [4.69, 9.17) is 4.42 Å². The molecule has 0 atom stereocenters. The maximum atomic E-state index is 12.4. The second-order valence-electron chi connectivity index (χ2n) is 6.07. The topological polar surface area (TPSA) is 72.4 Å². The van der Waals surface area contributed by atoms with Gasteiger partial charge in [-0.3, -0.25) is 4.79 Å². The molecule has 1 aromatic carbocycles. The number of rotatable bonds is 4. The third-order valence-corrected chi connectivity index (χ3v) is 4.27. The molecule has 0 saturated heterocycles. The van der Waals surface area contributed by atoms with Gasteiger partial charge in [0.25, 0.3) is 5.91 Å². The Morgan fingerprint density at radius 3 is 2.68 bits per heavy atom. The van der Waals surface area contributed by atoms with Crippen LogP contribution in [0.2, 0.25) is 0 Å². The van der Waals surface area contributed by atoms with Gasteiger partial charge >= 0.3 is 0 Å². The number of carbonyl (C=O) groups excluding carboxylic acids is 1. The zero-order valence-electron chi connectivity index (χ0n) is 15.2. The SMILES string of the molecule is CCn1c(C)nc2cc(C(=O)N/N=C(/C)c3cc(C)oc3C)ccc21. The Morgan fingerprint density at radius 1 is 1.28 bits per heavy atom. The van der Waals surface area contributed by atoms with E-state index in [1.165, 1.54) is 0 Å². The van der Waals surface area contributed by atoms with Crippen LogP contribution in [-0.2, 0) is 6.54 Å². The standard InChI is InChI=1S/C19H22N4O2/c1-6-23-14(5)20-17-10-15(7-8-18(17)23)19(24)22-21-12(3)16-9-11(2)25-13(16)4/h7-10H,6H2,1-5H3,(H,22,24)/b21-12-. The summed E-state index contributed by atoms with van der Waals surface area (Å²) in [6.07, 6.45) is 0. The summed E-state index contributed by atoms with van der Waals surface area (Å²) in [7, 11) is 0. The molecule has 25 heavy (non-hydrogen) atoms. The Morgan fingerprint density at radius 2 is 2.04 bits per heavy atom. The normalized spacial score (nSPS) is 12.0. The molecule has 130 valence electrons. The summed E-state index contributed by atoms with van der Waals surface area (Å²) in [5, 5.41) is 4.20. The van der Waals surface area contributed by atoms with E-state index in [0.717, 1.165) is 40.5 Å². The van der Waals surface area contributed by atoms with Crippen molar-refractivity contribution in [2.24, 2.45) is 5.10 Å². The highest BCUT2D eigenvalue weighted by Crippen LogP contribution is 2.18. The fraction of sp³-hybridized carbons (Fsp3) is 0.316. The summed E-state index contributed by atoms with van der Waals surface area (Å²) < 4.78 is 7.61. The first kappa shape index (κ1) is 17.0. The number of imidazole rings is 1. The quantitative estimate of drug-likeness (QED) is 0.582. The number of hydrogen-bond donors (Lipinski definition) is 1. The maximum Gasteiger partial charge on any atom is 0.271 e. The molecule has 0 aliphatic carbocycles. The van der Waals surface area contributed by atoms with Gasteiger partial charge in [0.05, 0.1) is 16.7 Å².